The summed E-state index contributed by atoms with van der Waals surface area (Å²) in [5.74, 6) is -0.474. The lowest BCUT2D eigenvalue weighted by molar-refractivity contribution is -0.137. The number of aromatic nitrogens is 3. The van der Waals surface area contributed by atoms with Crippen LogP contribution in [0.3, 0.4) is 0 Å². The van der Waals surface area contributed by atoms with Crippen LogP contribution >= 0.6 is 0 Å². The summed E-state index contributed by atoms with van der Waals surface area (Å²) in [7, 11) is 1.31. The highest BCUT2D eigenvalue weighted by Gasteiger charge is 2.30. The number of carbonyl (C=O) groups excluding carboxylic acids is 1. The number of ether oxygens (including phenoxy) is 1. The van der Waals surface area contributed by atoms with Crippen molar-refractivity contribution in [3.63, 3.8) is 0 Å². The van der Waals surface area contributed by atoms with E-state index in [9.17, 15) is 18.0 Å². The number of carbonyl (C=O) groups is 1. The molecule has 1 atom stereocenters. The van der Waals surface area contributed by atoms with Gasteiger partial charge in [-0.25, -0.2) is 9.78 Å². The van der Waals surface area contributed by atoms with Crippen molar-refractivity contribution in [3.8, 4) is 11.3 Å². The van der Waals surface area contributed by atoms with Crippen LogP contribution in [-0.2, 0) is 10.9 Å². The second-order valence-corrected chi connectivity index (χ2v) is 6.53. The molecule has 0 saturated heterocycles. The molecule has 0 bridgehead atoms. The van der Waals surface area contributed by atoms with Gasteiger partial charge in [0.15, 0.2) is 0 Å². The van der Waals surface area contributed by atoms with Crippen LogP contribution in [0, 0.1) is 0 Å². The summed E-state index contributed by atoms with van der Waals surface area (Å²) in [4.78, 5) is 20.5. The number of methoxy groups -OCH3 is 1. The highest BCUT2D eigenvalue weighted by molar-refractivity contribution is 5.87. The maximum absolute atomic E-state index is 12.7. The molecule has 1 unspecified atom stereocenters. The first kappa shape index (κ1) is 20.6. The van der Waals surface area contributed by atoms with Gasteiger partial charge < -0.3 is 9.30 Å². The molecule has 0 aliphatic rings. The first-order valence-corrected chi connectivity index (χ1v) is 9.09. The Morgan fingerprint density at radius 3 is 2.41 bits per heavy atom. The normalized spacial score (nSPS) is 12.6. The SMILES string of the molecule is CCCC(c1ccc(-c2ccc(C(F)(F)F)cc2)nc1)n1cncc1C(=O)OC. The average molecular weight is 403 g/mol. The van der Waals surface area contributed by atoms with E-state index in [1.807, 2.05) is 13.0 Å². The zero-order valence-corrected chi connectivity index (χ0v) is 16.0. The van der Waals surface area contributed by atoms with Crippen LogP contribution in [-0.4, -0.2) is 27.6 Å². The fraction of sp³-hybridized carbons (Fsp3) is 0.286. The summed E-state index contributed by atoms with van der Waals surface area (Å²) < 4.78 is 44.8. The summed E-state index contributed by atoms with van der Waals surface area (Å²) in [5, 5.41) is 0. The van der Waals surface area contributed by atoms with Crippen molar-refractivity contribution in [3.05, 3.63) is 71.9 Å². The minimum Gasteiger partial charge on any atom is -0.464 e. The lowest BCUT2D eigenvalue weighted by Gasteiger charge is -2.20. The Balaban J connectivity index is 1.89. The molecular weight excluding hydrogens is 383 g/mol. The number of pyridine rings is 1. The molecule has 8 heteroatoms. The molecule has 0 spiro atoms. The van der Waals surface area contributed by atoms with Gasteiger partial charge in [0.25, 0.3) is 0 Å². The zero-order valence-electron chi connectivity index (χ0n) is 16.0. The van der Waals surface area contributed by atoms with Gasteiger partial charge in [-0.1, -0.05) is 31.5 Å². The second-order valence-electron chi connectivity index (χ2n) is 6.53. The Morgan fingerprint density at radius 1 is 1.14 bits per heavy atom. The molecule has 3 aromatic rings. The lowest BCUT2D eigenvalue weighted by atomic mass is 10.0. The monoisotopic (exact) mass is 403 g/mol. The van der Waals surface area contributed by atoms with Gasteiger partial charge in [-0.15, -0.1) is 0 Å². The smallest absolute Gasteiger partial charge is 0.416 e. The van der Waals surface area contributed by atoms with E-state index >= 15 is 0 Å². The maximum atomic E-state index is 12.7. The van der Waals surface area contributed by atoms with Crippen molar-refractivity contribution >= 4 is 5.97 Å². The van der Waals surface area contributed by atoms with Crippen LogP contribution in [0.2, 0.25) is 0 Å². The molecule has 0 amide bonds. The number of esters is 1. The molecule has 2 aromatic heterocycles. The molecule has 5 nitrogen and oxygen atoms in total. The van der Waals surface area contributed by atoms with Crippen LogP contribution in [0.1, 0.15) is 47.4 Å². The molecule has 3 rings (SSSR count). The lowest BCUT2D eigenvalue weighted by Crippen LogP contribution is -2.17. The first-order valence-electron chi connectivity index (χ1n) is 9.09. The molecule has 0 saturated carbocycles. The number of imidazole rings is 1. The zero-order chi connectivity index (χ0) is 21.0. The van der Waals surface area contributed by atoms with Crippen molar-refractivity contribution in [1.82, 2.24) is 14.5 Å². The molecule has 2 heterocycles. The van der Waals surface area contributed by atoms with Crippen LogP contribution in [0.15, 0.2) is 55.1 Å². The maximum Gasteiger partial charge on any atom is 0.416 e. The van der Waals surface area contributed by atoms with Crippen LogP contribution < -0.4 is 0 Å². The van der Waals surface area contributed by atoms with Crippen LogP contribution in [0.5, 0.6) is 0 Å². The highest BCUT2D eigenvalue weighted by atomic mass is 19.4. The third-order valence-electron chi connectivity index (χ3n) is 4.64. The van der Waals surface area contributed by atoms with Crippen molar-refractivity contribution in [2.75, 3.05) is 7.11 Å². The fourth-order valence-electron chi connectivity index (χ4n) is 3.16. The van der Waals surface area contributed by atoms with E-state index in [-0.39, 0.29) is 6.04 Å². The predicted molar refractivity (Wildman–Crippen MR) is 101 cm³/mol. The Morgan fingerprint density at radius 2 is 1.86 bits per heavy atom. The van der Waals surface area contributed by atoms with Gasteiger partial charge in [-0.2, -0.15) is 13.2 Å². The van der Waals surface area contributed by atoms with Crippen molar-refractivity contribution in [2.24, 2.45) is 0 Å². The van der Waals surface area contributed by atoms with Gasteiger partial charge in [0.2, 0.25) is 0 Å². The third-order valence-corrected chi connectivity index (χ3v) is 4.64. The number of hydrogen-bond acceptors (Lipinski definition) is 4. The molecule has 0 aliphatic carbocycles. The van der Waals surface area contributed by atoms with Gasteiger partial charge in [0.05, 0.1) is 36.9 Å². The topological polar surface area (TPSA) is 57.0 Å². The van der Waals surface area contributed by atoms with Gasteiger partial charge in [-0.3, -0.25) is 4.98 Å². The number of rotatable bonds is 6. The number of alkyl halides is 3. The Labute approximate surface area is 166 Å². The second kappa shape index (κ2) is 8.46. The van der Waals surface area contributed by atoms with E-state index < -0.39 is 17.7 Å². The van der Waals surface area contributed by atoms with Crippen LogP contribution in [0.25, 0.3) is 11.3 Å². The Bertz CT molecular complexity index is 964. The Kier molecular flexibility index (Phi) is 6.00. The van der Waals surface area contributed by atoms with E-state index in [0.29, 0.717) is 17.0 Å². The van der Waals surface area contributed by atoms with E-state index in [0.717, 1.165) is 30.5 Å². The van der Waals surface area contributed by atoms with E-state index in [2.05, 4.69) is 9.97 Å². The quantitative estimate of drug-likeness (QED) is 0.535. The molecule has 29 heavy (non-hydrogen) atoms. The van der Waals surface area contributed by atoms with Gasteiger partial charge in [0, 0.05) is 11.8 Å². The predicted octanol–water partition coefficient (Wildman–Crippen LogP) is 5.14. The molecule has 0 aliphatic heterocycles. The molecular formula is C21H20F3N3O2. The van der Waals surface area contributed by atoms with E-state index in [1.54, 1.807) is 23.2 Å². The minimum absolute atomic E-state index is 0.161. The standard InChI is InChI=1S/C21H20F3N3O2/c1-3-4-18(27-13-25-12-19(27)20(28)29-2)15-7-10-17(26-11-15)14-5-8-16(9-6-14)21(22,23)24/h5-13,18H,3-4H2,1-2H3. The molecule has 0 N–H and O–H groups in total. The van der Waals surface area contributed by atoms with Crippen molar-refractivity contribution < 1.29 is 22.7 Å². The first-order chi connectivity index (χ1) is 13.8. The number of halogens is 3. The third kappa shape index (κ3) is 4.47. The molecule has 152 valence electrons. The van der Waals surface area contributed by atoms with E-state index in [1.165, 1.54) is 25.4 Å². The van der Waals surface area contributed by atoms with E-state index in [4.69, 9.17) is 4.74 Å². The number of hydrogen-bond donors (Lipinski definition) is 0. The van der Waals surface area contributed by atoms with Gasteiger partial charge in [-0.05, 0) is 30.2 Å². The van der Waals surface area contributed by atoms with Crippen molar-refractivity contribution in [1.29, 1.82) is 0 Å². The summed E-state index contributed by atoms with van der Waals surface area (Å²) in [6.45, 7) is 2.03. The largest absolute Gasteiger partial charge is 0.464 e. The van der Waals surface area contributed by atoms with Gasteiger partial charge in [0.1, 0.15) is 5.69 Å². The molecule has 0 fully saturated rings. The number of nitrogens with zero attached hydrogens (tertiary/aromatic N) is 3. The van der Waals surface area contributed by atoms with Crippen LogP contribution in [0.4, 0.5) is 13.2 Å². The molecule has 1 aromatic carbocycles. The van der Waals surface area contributed by atoms with Crippen molar-refractivity contribution in [2.45, 2.75) is 32.0 Å². The summed E-state index contributed by atoms with van der Waals surface area (Å²) in [6, 6.07) is 8.35. The fourth-order valence-corrected chi connectivity index (χ4v) is 3.16. The van der Waals surface area contributed by atoms with Gasteiger partial charge >= 0.3 is 12.1 Å². The minimum atomic E-state index is -4.37. The highest BCUT2D eigenvalue weighted by Crippen LogP contribution is 2.31. The number of benzene rings is 1. The summed E-state index contributed by atoms with van der Waals surface area (Å²) >= 11 is 0. The summed E-state index contributed by atoms with van der Waals surface area (Å²) in [5.41, 5.74) is 1.67. The molecule has 0 radical (unpaired) electrons. The Hall–Kier alpha value is -3.16. The average Bonchev–Trinajstić information content (AvgIpc) is 3.20. The summed E-state index contributed by atoms with van der Waals surface area (Å²) in [6.07, 6.45) is 1.96.